The van der Waals surface area contributed by atoms with Crippen LogP contribution in [0.1, 0.15) is 18.9 Å². The van der Waals surface area contributed by atoms with Gasteiger partial charge in [0.2, 0.25) is 0 Å². The molecule has 1 atom stereocenters. The van der Waals surface area contributed by atoms with Crippen molar-refractivity contribution >= 4 is 0 Å². The monoisotopic (exact) mass is 223 g/mol. The molecule has 3 nitrogen and oxygen atoms in total. The molecule has 90 valence electrons. The third-order valence-corrected chi connectivity index (χ3v) is 2.49. The zero-order chi connectivity index (χ0) is 11.8. The van der Waals surface area contributed by atoms with E-state index >= 15 is 0 Å². The topological polar surface area (TPSA) is 30.5 Å². The van der Waals surface area contributed by atoms with Crippen LogP contribution in [0.4, 0.5) is 0 Å². The number of benzene rings is 1. The van der Waals surface area contributed by atoms with E-state index in [1.807, 2.05) is 31.3 Å². The van der Waals surface area contributed by atoms with Crippen LogP contribution < -0.4 is 10.1 Å². The Morgan fingerprint density at radius 1 is 1.25 bits per heavy atom. The molecule has 0 amide bonds. The summed E-state index contributed by atoms with van der Waals surface area (Å²) in [5.74, 6) is 0.881. The van der Waals surface area contributed by atoms with Gasteiger partial charge < -0.3 is 14.8 Å². The van der Waals surface area contributed by atoms with E-state index < -0.39 is 0 Å². The largest absolute Gasteiger partial charge is 0.497 e. The van der Waals surface area contributed by atoms with Gasteiger partial charge in [0.05, 0.1) is 19.8 Å². The van der Waals surface area contributed by atoms with Gasteiger partial charge in [-0.1, -0.05) is 12.1 Å². The van der Waals surface area contributed by atoms with Crippen molar-refractivity contribution in [1.82, 2.24) is 5.32 Å². The summed E-state index contributed by atoms with van der Waals surface area (Å²) >= 11 is 0. The van der Waals surface area contributed by atoms with Crippen LogP contribution in [0, 0.1) is 0 Å². The van der Waals surface area contributed by atoms with E-state index in [9.17, 15) is 0 Å². The Balaban J connectivity index is 2.30. The molecule has 3 heteroatoms. The zero-order valence-electron chi connectivity index (χ0n) is 10.3. The molecule has 0 heterocycles. The quantitative estimate of drug-likeness (QED) is 0.768. The maximum Gasteiger partial charge on any atom is 0.118 e. The summed E-state index contributed by atoms with van der Waals surface area (Å²) in [5.41, 5.74) is 1.18. The minimum absolute atomic E-state index is 0.287. The zero-order valence-corrected chi connectivity index (χ0v) is 10.3. The van der Waals surface area contributed by atoms with Gasteiger partial charge in [0.15, 0.2) is 0 Å². The van der Waals surface area contributed by atoms with Crippen molar-refractivity contribution in [2.75, 3.05) is 20.7 Å². The second-order valence-corrected chi connectivity index (χ2v) is 3.86. The van der Waals surface area contributed by atoms with E-state index in [1.165, 1.54) is 5.56 Å². The van der Waals surface area contributed by atoms with E-state index in [0.29, 0.717) is 6.61 Å². The lowest BCUT2D eigenvalue weighted by molar-refractivity contribution is 0.0481. The van der Waals surface area contributed by atoms with Crippen LogP contribution in [0.15, 0.2) is 24.3 Å². The molecule has 0 saturated heterocycles. The SMILES string of the molecule is CNCCC(C)OCc1ccc(OC)cc1. The Labute approximate surface area is 97.8 Å². The van der Waals surface area contributed by atoms with Crippen LogP contribution in [-0.2, 0) is 11.3 Å². The standard InChI is InChI=1S/C13H21NO2/c1-11(8-9-14-2)16-10-12-4-6-13(15-3)7-5-12/h4-7,11,14H,8-10H2,1-3H3. The highest BCUT2D eigenvalue weighted by molar-refractivity contribution is 5.26. The summed E-state index contributed by atoms with van der Waals surface area (Å²) in [4.78, 5) is 0. The van der Waals surface area contributed by atoms with Crippen molar-refractivity contribution in [3.63, 3.8) is 0 Å². The Morgan fingerprint density at radius 2 is 1.94 bits per heavy atom. The Bertz CT molecular complexity index is 284. The van der Waals surface area contributed by atoms with Crippen LogP contribution in [0.2, 0.25) is 0 Å². The lowest BCUT2D eigenvalue weighted by Gasteiger charge is -2.12. The average molecular weight is 223 g/mol. The highest BCUT2D eigenvalue weighted by atomic mass is 16.5. The van der Waals surface area contributed by atoms with Gasteiger partial charge in [-0.15, -0.1) is 0 Å². The molecule has 1 aromatic carbocycles. The van der Waals surface area contributed by atoms with E-state index in [1.54, 1.807) is 7.11 Å². The molecule has 1 rings (SSSR count). The molecule has 0 aromatic heterocycles. The fraction of sp³-hybridized carbons (Fsp3) is 0.538. The van der Waals surface area contributed by atoms with Crippen molar-refractivity contribution in [3.8, 4) is 5.75 Å². The van der Waals surface area contributed by atoms with Crippen molar-refractivity contribution in [2.24, 2.45) is 0 Å². The Hall–Kier alpha value is -1.06. The molecular weight excluding hydrogens is 202 g/mol. The fourth-order valence-electron chi connectivity index (χ4n) is 1.39. The number of methoxy groups -OCH3 is 1. The third-order valence-electron chi connectivity index (χ3n) is 2.49. The highest BCUT2D eigenvalue weighted by Gasteiger charge is 2.02. The number of hydrogen-bond donors (Lipinski definition) is 1. The number of ether oxygens (including phenoxy) is 2. The molecule has 0 spiro atoms. The number of hydrogen-bond acceptors (Lipinski definition) is 3. The minimum Gasteiger partial charge on any atom is -0.497 e. The predicted octanol–water partition coefficient (Wildman–Crippen LogP) is 2.21. The van der Waals surface area contributed by atoms with Gasteiger partial charge in [0.1, 0.15) is 5.75 Å². The smallest absolute Gasteiger partial charge is 0.118 e. The number of rotatable bonds is 7. The summed E-state index contributed by atoms with van der Waals surface area (Å²) in [6, 6.07) is 7.97. The Morgan fingerprint density at radius 3 is 2.50 bits per heavy atom. The molecule has 0 aliphatic rings. The molecule has 0 bridgehead atoms. The number of nitrogens with one attached hydrogen (secondary N) is 1. The molecular formula is C13H21NO2. The molecule has 1 N–H and O–H groups in total. The van der Waals surface area contributed by atoms with Crippen LogP contribution in [0.3, 0.4) is 0 Å². The summed E-state index contributed by atoms with van der Waals surface area (Å²) in [6.07, 6.45) is 1.32. The third kappa shape index (κ3) is 4.64. The van der Waals surface area contributed by atoms with Crippen molar-refractivity contribution < 1.29 is 9.47 Å². The first-order chi connectivity index (χ1) is 7.76. The molecule has 0 radical (unpaired) electrons. The van der Waals surface area contributed by atoms with Crippen molar-refractivity contribution in [2.45, 2.75) is 26.1 Å². The van der Waals surface area contributed by atoms with Gasteiger partial charge in [0, 0.05) is 0 Å². The molecule has 16 heavy (non-hydrogen) atoms. The lowest BCUT2D eigenvalue weighted by atomic mass is 10.2. The molecule has 0 aliphatic carbocycles. The van der Waals surface area contributed by atoms with Gasteiger partial charge in [-0.25, -0.2) is 0 Å². The lowest BCUT2D eigenvalue weighted by Crippen LogP contribution is -2.17. The highest BCUT2D eigenvalue weighted by Crippen LogP contribution is 2.12. The second-order valence-electron chi connectivity index (χ2n) is 3.86. The maximum atomic E-state index is 5.72. The van der Waals surface area contributed by atoms with Crippen LogP contribution in [-0.4, -0.2) is 26.8 Å². The summed E-state index contributed by atoms with van der Waals surface area (Å²) < 4.78 is 10.8. The first-order valence-corrected chi connectivity index (χ1v) is 5.65. The van der Waals surface area contributed by atoms with E-state index in [2.05, 4.69) is 12.2 Å². The normalized spacial score (nSPS) is 12.4. The summed E-state index contributed by atoms with van der Waals surface area (Å²) in [7, 11) is 3.63. The molecule has 1 unspecified atom stereocenters. The molecule has 0 saturated carbocycles. The maximum absolute atomic E-state index is 5.72. The minimum atomic E-state index is 0.287. The molecule has 0 aliphatic heterocycles. The molecule has 1 aromatic rings. The first-order valence-electron chi connectivity index (χ1n) is 5.65. The summed E-state index contributed by atoms with van der Waals surface area (Å²) in [5, 5.41) is 3.12. The first kappa shape index (κ1) is 13.0. The van der Waals surface area contributed by atoms with Crippen LogP contribution in [0.25, 0.3) is 0 Å². The summed E-state index contributed by atoms with van der Waals surface area (Å²) in [6.45, 7) is 3.75. The molecule has 0 fully saturated rings. The van der Waals surface area contributed by atoms with Gasteiger partial charge in [0.25, 0.3) is 0 Å². The predicted molar refractivity (Wildman–Crippen MR) is 65.8 cm³/mol. The van der Waals surface area contributed by atoms with Crippen LogP contribution >= 0.6 is 0 Å². The van der Waals surface area contributed by atoms with E-state index in [-0.39, 0.29) is 6.10 Å². The van der Waals surface area contributed by atoms with Gasteiger partial charge in [-0.05, 0) is 44.6 Å². The van der Waals surface area contributed by atoms with E-state index in [0.717, 1.165) is 18.7 Å². The fourth-order valence-corrected chi connectivity index (χ4v) is 1.39. The van der Waals surface area contributed by atoms with Crippen molar-refractivity contribution in [1.29, 1.82) is 0 Å². The van der Waals surface area contributed by atoms with Crippen LogP contribution in [0.5, 0.6) is 5.75 Å². The van der Waals surface area contributed by atoms with Crippen molar-refractivity contribution in [3.05, 3.63) is 29.8 Å². The van der Waals surface area contributed by atoms with Gasteiger partial charge >= 0.3 is 0 Å². The second kappa shape index (κ2) is 7.25. The van der Waals surface area contributed by atoms with Gasteiger partial charge in [-0.3, -0.25) is 0 Å². The Kier molecular flexibility index (Phi) is 5.90. The average Bonchev–Trinajstić information content (AvgIpc) is 2.34. The van der Waals surface area contributed by atoms with E-state index in [4.69, 9.17) is 9.47 Å². The van der Waals surface area contributed by atoms with Gasteiger partial charge in [-0.2, -0.15) is 0 Å².